The van der Waals surface area contributed by atoms with Crippen LogP contribution >= 0.6 is 0 Å². The van der Waals surface area contributed by atoms with E-state index in [9.17, 15) is 0 Å². The summed E-state index contributed by atoms with van der Waals surface area (Å²) in [5, 5.41) is 1.21. The van der Waals surface area contributed by atoms with Crippen LogP contribution in [-0.4, -0.2) is 9.97 Å². The van der Waals surface area contributed by atoms with Gasteiger partial charge in [-0.3, -0.25) is 0 Å². The number of aromatic nitrogens is 2. The van der Waals surface area contributed by atoms with E-state index in [0.29, 0.717) is 0 Å². The molecule has 0 amide bonds. The first kappa shape index (κ1) is 10.2. The quantitative estimate of drug-likeness (QED) is 0.808. The Labute approximate surface area is 90.7 Å². The molecule has 2 heteroatoms. The minimum Gasteiger partial charge on any atom is -0.346 e. The molecule has 0 aliphatic carbocycles. The summed E-state index contributed by atoms with van der Waals surface area (Å²) in [5.74, 6) is 0. The maximum atomic E-state index is 4.43. The molecule has 0 saturated heterocycles. The van der Waals surface area contributed by atoms with Gasteiger partial charge >= 0.3 is 0 Å². The molecule has 0 radical (unpaired) electrons. The Kier molecular flexibility index (Phi) is 2.51. The molecule has 0 saturated carbocycles. The van der Waals surface area contributed by atoms with E-state index in [1.807, 2.05) is 12.4 Å². The lowest BCUT2D eigenvalue weighted by molar-refractivity contribution is 0.472. The van der Waals surface area contributed by atoms with Gasteiger partial charge in [0.05, 0.1) is 0 Å². The zero-order valence-corrected chi connectivity index (χ0v) is 9.67. The van der Waals surface area contributed by atoms with E-state index in [-0.39, 0.29) is 5.41 Å². The van der Waals surface area contributed by atoms with Crippen molar-refractivity contribution in [1.82, 2.24) is 9.97 Å². The van der Waals surface area contributed by atoms with Crippen molar-refractivity contribution < 1.29 is 0 Å². The molecule has 2 rings (SSSR count). The maximum Gasteiger partial charge on any atom is 0.137 e. The number of nitrogens with one attached hydrogen (secondary N) is 1. The van der Waals surface area contributed by atoms with Gasteiger partial charge in [-0.05, 0) is 29.5 Å². The number of pyridine rings is 1. The molecule has 2 aromatic heterocycles. The molecule has 80 valence electrons. The van der Waals surface area contributed by atoms with Gasteiger partial charge in [-0.1, -0.05) is 27.2 Å². The zero-order valence-electron chi connectivity index (χ0n) is 9.67. The summed E-state index contributed by atoms with van der Waals surface area (Å²) in [6.45, 7) is 6.79. The molecule has 0 bridgehead atoms. The predicted octanol–water partition coefficient (Wildman–Crippen LogP) is 3.64. The van der Waals surface area contributed by atoms with E-state index in [1.165, 1.54) is 23.8 Å². The van der Waals surface area contributed by atoms with Gasteiger partial charge in [-0.2, -0.15) is 0 Å². The van der Waals surface area contributed by atoms with Crippen LogP contribution in [0.4, 0.5) is 0 Å². The highest BCUT2D eigenvalue weighted by atomic mass is 14.8. The second-order valence-electron chi connectivity index (χ2n) is 4.77. The molecule has 0 atom stereocenters. The Morgan fingerprint density at radius 2 is 2.20 bits per heavy atom. The molecule has 0 fully saturated rings. The third kappa shape index (κ3) is 1.89. The number of hydrogen-bond donors (Lipinski definition) is 1. The van der Waals surface area contributed by atoms with Crippen LogP contribution in [0.1, 0.15) is 39.2 Å². The number of hydrogen-bond acceptors (Lipinski definition) is 1. The lowest BCUT2D eigenvalue weighted by Gasteiger charge is -2.24. The van der Waals surface area contributed by atoms with Crippen LogP contribution in [0.25, 0.3) is 11.0 Å². The summed E-state index contributed by atoms with van der Waals surface area (Å²) < 4.78 is 0. The smallest absolute Gasteiger partial charge is 0.137 e. The normalized spacial score (nSPS) is 12.2. The molecular formula is C13H18N2. The number of nitrogens with zero attached hydrogens (tertiary/aromatic N) is 1. The Balaban J connectivity index is 2.42. The summed E-state index contributed by atoms with van der Waals surface area (Å²) in [4.78, 5) is 7.55. The van der Waals surface area contributed by atoms with Crippen LogP contribution in [-0.2, 0) is 5.41 Å². The van der Waals surface area contributed by atoms with E-state index in [4.69, 9.17) is 0 Å². The first-order valence-corrected chi connectivity index (χ1v) is 5.57. The van der Waals surface area contributed by atoms with Crippen LogP contribution < -0.4 is 0 Å². The summed E-state index contributed by atoms with van der Waals surface area (Å²) in [5.41, 5.74) is 2.54. The van der Waals surface area contributed by atoms with E-state index >= 15 is 0 Å². The van der Waals surface area contributed by atoms with Crippen molar-refractivity contribution in [2.45, 2.75) is 39.0 Å². The molecule has 2 nitrogen and oxygen atoms in total. The predicted molar refractivity (Wildman–Crippen MR) is 64.0 cm³/mol. The second kappa shape index (κ2) is 3.69. The third-order valence-electron chi connectivity index (χ3n) is 3.06. The molecule has 0 unspecified atom stereocenters. The lowest BCUT2D eigenvalue weighted by Crippen LogP contribution is -2.16. The lowest BCUT2D eigenvalue weighted by atomic mass is 9.81. The van der Waals surface area contributed by atoms with E-state index in [1.54, 1.807) is 0 Å². The van der Waals surface area contributed by atoms with Crippen LogP contribution in [0.5, 0.6) is 0 Å². The van der Waals surface area contributed by atoms with Crippen molar-refractivity contribution in [3.05, 3.63) is 30.1 Å². The maximum absolute atomic E-state index is 4.43. The topological polar surface area (TPSA) is 28.7 Å². The van der Waals surface area contributed by atoms with E-state index < -0.39 is 0 Å². The first-order chi connectivity index (χ1) is 7.13. The average Bonchev–Trinajstić information content (AvgIpc) is 2.63. The van der Waals surface area contributed by atoms with Crippen LogP contribution in [0.2, 0.25) is 0 Å². The van der Waals surface area contributed by atoms with Gasteiger partial charge < -0.3 is 4.98 Å². The molecule has 2 heterocycles. The molecule has 0 aromatic carbocycles. The van der Waals surface area contributed by atoms with Crippen molar-refractivity contribution in [1.29, 1.82) is 0 Å². The second-order valence-corrected chi connectivity index (χ2v) is 4.77. The fraction of sp³-hybridized carbons (Fsp3) is 0.462. The molecule has 2 aromatic rings. The van der Waals surface area contributed by atoms with E-state index in [2.05, 4.69) is 42.9 Å². The van der Waals surface area contributed by atoms with Gasteiger partial charge in [-0.15, -0.1) is 0 Å². The van der Waals surface area contributed by atoms with E-state index in [0.717, 1.165) is 5.65 Å². The third-order valence-corrected chi connectivity index (χ3v) is 3.06. The standard InChI is InChI=1S/C13H18N2/c1-4-6-13(2,3)11-8-10-5-7-14-12(10)15-9-11/h5,7-9H,4,6H2,1-3H3,(H,14,15). The zero-order chi connectivity index (χ0) is 10.9. The highest BCUT2D eigenvalue weighted by molar-refractivity contribution is 5.75. The SMILES string of the molecule is CCCC(C)(C)c1cnc2[nH]ccc2c1. The first-order valence-electron chi connectivity index (χ1n) is 5.57. The van der Waals surface area contributed by atoms with Crippen molar-refractivity contribution >= 4 is 11.0 Å². The average molecular weight is 202 g/mol. The van der Waals surface area contributed by atoms with Gasteiger partial charge in [0, 0.05) is 17.8 Å². The highest BCUT2D eigenvalue weighted by Gasteiger charge is 2.20. The largest absolute Gasteiger partial charge is 0.346 e. The van der Waals surface area contributed by atoms with Gasteiger partial charge in [0.2, 0.25) is 0 Å². The number of rotatable bonds is 3. The fourth-order valence-electron chi connectivity index (χ4n) is 2.08. The van der Waals surface area contributed by atoms with Crippen molar-refractivity contribution in [3.8, 4) is 0 Å². The Hall–Kier alpha value is -1.31. The Morgan fingerprint density at radius 3 is 2.93 bits per heavy atom. The fourth-order valence-corrected chi connectivity index (χ4v) is 2.08. The summed E-state index contributed by atoms with van der Waals surface area (Å²) in [6, 6.07) is 4.32. The van der Waals surface area contributed by atoms with Crippen molar-refractivity contribution in [2.75, 3.05) is 0 Å². The van der Waals surface area contributed by atoms with Crippen molar-refractivity contribution in [2.24, 2.45) is 0 Å². The van der Waals surface area contributed by atoms with Gasteiger partial charge in [0.1, 0.15) is 5.65 Å². The van der Waals surface area contributed by atoms with Gasteiger partial charge in [0.15, 0.2) is 0 Å². The van der Waals surface area contributed by atoms with Gasteiger partial charge in [-0.25, -0.2) is 4.98 Å². The molecule has 15 heavy (non-hydrogen) atoms. The number of aromatic amines is 1. The Bertz CT molecular complexity index is 454. The van der Waals surface area contributed by atoms with Crippen LogP contribution in [0.15, 0.2) is 24.5 Å². The molecular weight excluding hydrogens is 184 g/mol. The molecule has 0 spiro atoms. The number of fused-ring (bicyclic) bond motifs is 1. The molecule has 1 N–H and O–H groups in total. The number of H-pyrrole nitrogens is 1. The van der Waals surface area contributed by atoms with Crippen LogP contribution in [0.3, 0.4) is 0 Å². The minimum absolute atomic E-state index is 0.229. The minimum atomic E-state index is 0.229. The summed E-state index contributed by atoms with van der Waals surface area (Å²) in [6.07, 6.45) is 6.34. The molecule has 0 aliphatic heterocycles. The summed E-state index contributed by atoms with van der Waals surface area (Å²) >= 11 is 0. The highest BCUT2D eigenvalue weighted by Crippen LogP contribution is 2.29. The van der Waals surface area contributed by atoms with Gasteiger partial charge in [0.25, 0.3) is 0 Å². The van der Waals surface area contributed by atoms with Crippen molar-refractivity contribution in [3.63, 3.8) is 0 Å². The van der Waals surface area contributed by atoms with Crippen LogP contribution in [0, 0.1) is 0 Å². The molecule has 0 aliphatic rings. The summed E-state index contributed by atoms with van der Waals surface area (Å²) in [7, 11) is 0. The Morgan fingerprint density at radius 1 is 1.40 bits per heavy atom. The monoisotopic (exact) mass is 202 g/mol.